The van der Waals surface area contributed by atoms with E-state index in [9.17, 15) is 15.0 Å². The Bertz CT molecular complexity index is 534. The molecule has 0 heterocycles. The second-order valence-corrected chi connectivity index (χ2v) is 4.13. The molecule has 1 radical (unpaired) electrons. The van der Waals surface area contributed by atoms with Crippen LogP contribution in [0.25, 0.3) is 0 Å². The van der Waals surface area contributed by atoms with E-state index in [1.54, 1.807) is 0 Å². The van der Waals surface area contributed by atoms with Crippen molar-refractivity contribution in [2.75, 3.05) is 0 Å². The van der Waals surface area contributed by atoms with Gasteiger partial charge in [-0.1, -0.05) is 60.7 Å². The topological polar surface area (TPSA) is 57.2 Å². The van der Waals surface area contributed by atoms with E-state index in [4.69, 9.17) is 0 Å². The molecule has 0 saturated carbocycles. The summed E-state index contributed by atoms with van der Waals surface area (Å²) in [5.74, 6) is -1.73. The van der Waals surface area contributed by atoms with Gasteiger partial charge in [-0.05, 0) is 11.1 Å². The Hall–Kier alpha value is -2.55. The molecule has 0 spiro atoms. The maximum Gasteiger partial charge on any atom is 0.335 e. The van der Waals surface area contributed by atoms with Crippen LogP contribution in [0.1, 0.15) is 17.0 Å². The van der Waals surface area contributed by atoms with Gasteiger partial charge < -0.3 is 5.11 Å². The van der Waals surface area contributed by atoms with Crippen LogP contribution >= 0.6 is 0 Å². The number of carboxylic acid groups (broad SMARTS) is 1. The highest BCUT2D eigenvalue weighted by Crippen LogP contribution is 2.31. The summed E-state index contributed by atoms with van der Waals surface area (Å²) in [5.41, 5.74) is 1.42. The predicted octanol–water partition coefficient (Wildman–Crippen LogP) is 3.22. The number of carbonyl (C=O) groups is 1. The Morgan fingerprint density at radius 3 is 1.63 bits per heavy atom. The van der Waals surface area contributed by atoms with E-state index in [2.05, 4.69) is 0 Å². The van der Waals surface area contributed by atoms with Crippen LogP contribution < -0.4 is 0 Å². The molecular weight excluding hydrogens is 240 g/mol. The summed E-state index contributed by atoms with van der Waals surface area (Å²) in [5, 5.41) is 20.3. The van der Waals surface area contributed by atoms with Crippen molar-refractivity contribution in [2.45, 2.75) is 5.92 Å². The maximum atomic E-state index is 11.3. The SMILES string of the molecule is [O]C=C(C(=O)O)C(c1ccccc1)c1ccccc1. The Morgan fingerprint density at radius 1 is 0.895 bits per heavy atom. The lowest BCUT2D eigenvalue weighted by atomic mass is 9.85. The van der Waals surface area contributed by atoms with Crippen LogP contribution in [0.4, 0.5) is 0 Å². The number of carboxylic acids is 1. The van der Waals surface area contributed by atoms with Crippen molar-refractivity contribution in [3.63, 3.8) is 0 Å². The second-order valence-electron chi connectivity index (χ2n) is 4.13. The van der Waals surface area contributed by atoms with Crippen LogP contribution in [0.5, 0.6) is 0 Å². The van der Waals surface area contributed by atoms with Gasteiger partial charge in [-0.25, -0.2) is 4.79 Å². The third-order valence-corrected chi connectivity index (χ3v) is 2.95. The van der Waals surface area contributed by atoms with E-state index in [1.165, 1.54) is 0 Å². The van der Waals surface area contributed by atoms with Gasteiger partial charge in [-0.15, -0.1) is 0 Å². The average Bonchev–Trinajstić information content (AvgIpc) is 2.46. The molecule has 0 aliphatic carbocycles. The zero-order valence-electron chi connectivity index (χ0n) is 10.2. The lowest BCUT2D eigenvalue weighted by Crippen LogP contribution is -2.12. The number of aliphatic carboxylic acids is 1. The van der Waals surface area contributed by atoms with Gasteiger partial charge in [0, 0.05) is 5.92 Å². The van der Waals surface area contributed by atoms with Crippen LogP contribution in [0.15, 0.2) is 72.5 Å². The first-order chi connectivity index (χ1) is 9.24. The van der Waals surface area contributed by atoms with Crippen molar-refractivity contribution in [1.29, 1.82) is 0 Å². The second kappa shape index (κ2) is 5.87. The molecule has 0 amide bonds. The zero-order chi connectivity index (χ0) is 13.7. The van der Waals surface area contributed by atoms with Gasteiger partial charge in [0.15, 0.2) is 6.26 Å². The van der Waals surface area contributed by atoms with E-state index in [-0.39, 0.29) is 5.57 Å². The Labute approximate surface area is 111 Å². The van der Waals surface area contributed by atoms with Crippen molar-refractivity contribution >= 4 is 5.97 Å². The molecular formula is C16H13O3. The molecule has 95 valence electrons. The van der Waals surface area contributed by atoms with Crippen LogP contribution in [0.2, 0.25) is 0 Å². The molecule has 0 fully saturated rings. The molecule has 1 N–H and O–H groups in total. The van der Waals surface area contributed by atoms with Gasteiger partial charge in [-0.2, -0.15) is 0 Å². The van der Waals surface area contributed by atoms with Crippen molar-refractivity contribution in [1.82, 2.24) is 0 Å². The van der Waals surface area contributed by atoms with E-state index in [0.717, 1.165) is 11.1 Å². The third kappa shape index (κ3) is 2.83. The highest BCUT2D eigenvalue weighted by molar-refractivity contribution is 5.89. The van der Waals surface area contributed by atoms with Gasteiger partial charge in [0.25, 0.3) is 0 Å². The molecule has 2 rings (SSSR count). The molecule has 0 bridgehead atoms. The van der Waals surface area contributed by atoms with E-state index >= 15 is 0 Å². The molecule has 0 atom stereocenters. The summed E-state index contributed by atoms with van der Waals surface area (Å²) >= 11 is 0. The molecule has 0 aliphatic heterocycles. The molecule has 2 aromatic carbocycles. The van der Waals surface area contributed by atoms with Crippen molar-refractivity contribution in [3.8, 4) is 0 Å². The van der Waals surface area contributed by atoms with E-state index < -0.39 is 11.9 Å². The Morgan fingerprint density at radius 2 is 1.32 bits per heavy atom. The Kier molecular flexibility index (Phi) is 3.98. The largest absolute Gasteiger partial charge is 0.478 e. The molecule has 2 aromatic rings. The first kappa shape index (κ1) is 12.9. The number of benzene rings is 2. The standard InChI is InChI=1S/C16H13O3/c17-11-14(16(18)19)15(12-7-3-1-4-8-12)13-9-5-2-6-10-13/h1-11,15H,(H,18,19). The van der Waals surface area contributed by atoms with Gasteiger partial charge in [0.05, 0.1) is 5.57 Å². The summed E-state index contributed by atoms with van der Waals surface area (Å²) in [4.78, 5) is 11.3. The van der Waals surface area contributed by atoms with Crippen molar-refractivity contribution < 1.29 is 15.0 Å². The van der Waals surface area contributed by atoms with Gasteiger partial charge in [-0.3, -0.25) is 5.11 Å². The molecule has 3 nitrogen and oxygen atoms in total. The molecule has 19 heavy (non-hydrogen) atoms. The summed E-state index contributed by atoms with van der Waals surface area (Å²) in [6.45, 7) is 0. The fourth-order valence-corrected chi connectivity index (χ4v) is 2.08. The molecule has 0 unspecified atom stereocenters. The highest BCUT2D eigenvalue weighted by atomic mass is 16.4. The highest BCUT2D eigenvalue weighted by Gasteiger charge is 2.24. The number of rotatable bonds is 4. The number of hydrogen-bond donors (Lipinski definition) is 1. The first-order valence-corrected chi connectivity index (χ1v) is 5.89. The first-order valence-electron chi connectivity index (χ1n) is 5.89. The van der Waals surface area contributed by atoms with Crippen molar-refractivity contribution in [3.05, 3.63) is 83.6 Å². The van der Waals surface area contributed by atoms with Crippen LogP contribution in [-0.2, 0) is 9.90 Å². The minimum atomic E-state index is -1.19. The summed E-state index contributed by atoms with van der Waals surface area (Å²) in [6, 6.07) is 18.3. The fourth-order valence-electron chi connectivity index (χ4n) is 2.08. The van der Waals surface area contributed by atoms with Gasteiger partial charge >= 0.3 is 5.97 Å². The minimum Gasteiger partial charge on any atom is -0.478 e. The van der Waals surface area contributed by atoms with Crippen LogP contribution in [-0.4, -0.2) is 11.1 Å². The molecule has 0 aliphatic rings. The smallest absolute Gasteiger partial charge is 0.335 e. The van der Waals surface area contributed by atoms with Gasteiger partial charge in [0.2, 0.25) is 0 Å². The van der Waals surface area contributed by atoms with E-state index in [1.807, 2.05) is 60.7 Å². The lowest BCUT2D eigenvalue weighted by Gasteiger charge is -2.17. The van der Waals surface area contributed by atoms with Gasteiger partial charge in [0.1, 0.15) is 0 Å². The van der Waals surface area contributed by atoms with Crippen LogP contribution in [0, 0.1) is 0 Å². The maximum absolute atomic E-state index is 11.3. The molecule has 0 saturated heterocycles. The zero-order valence-corrected chi connectivity index (χ0v) is 10.2. The lowest BCUT2D eigenvalue weighted by molar-refractivity contribution is -0.133. The predicted molar refractivity (Wildman–Crippen MR) is 71.1 cm³/mol. The quantitative estimate of drug-likeness (QED) is 0.671. The van der Waals surface area contributed by atoms with Crippen molar-refractivity contribution in [2.24, 2.45) is 0 Å². The normalized spacial score (nSPS) is 11.5. The number of hydrogen-bond acceptors (Lipinski definition) is 1. The fraction of sp³-hybridized carbons (Fsp3) is 0.0625. The third-order valence-electron chi connectivity index (χ3n) is 2.95. The van der Waals surface area contributed by atoms with E-state index in [0.29, 0.717) is 6.26 Å². The van der Waals surface area contributed by atoms with Crippen LogP contribution in [0.3, 0.4) is 0 Å². The Balaban J connectivity index is 2.55. The summed E-state index contributed by atoms with van der Waals surface area (Å²) in [6.07, 6.45) is 0.424. The average molecular weight is 253 g/mol. The summed E-state index contributed by atoms with van der Waals surface area (Å²) in [7, 11) is 0. The molecule has 3 heteroatoms. The minimum absolute atomic E-state index is 0.155. The summed E-state index contributed by atoms with van der Waals surface area (Å²) < 4.78 is 0. The monoisotopic (exact) mass is 253 g/mol. The molecule has 0 aromatic heterocycles.